The number of aromatic nitrogens is 1. The van der Waals surface area contributed by atoms with Crippen LogP contribution in [0.5, 0.6) is 0 Å². The number of para-hydroxylation sites is 2. The number of oxazole rings is 1. The summed E-state index contributed by atoms with van der Waals surface area (Å²) < 4.78 is 5.87. The van der Waals surface area contributed by atoms with E-state index in [9.17, 15) is 0 Å². The molecular weight excluding hydrogens is 284 g/mol. The van der Waals surface area contributed by atoms with Crippen molar-refractivity contribution in [2.24, 2.45) is 5.92 Å². The Bertz CT molecular complexity index is 795. The van der Waals surface area contributed by atoms with Crippen molar-refractivity contribution in [3.05, 3.63) is 54.1 Å². The fourth-order valence-corrected chi connectivity index (χ4v) is 4.21. The highest BCUT2D eigenvalue weighted by Gasteiger charge is 2.34. The summed E-state index contributed by atoms with van der Waals surface area (Å²) in [5.41, 5.74) is 4.30. The molecule has 0 radical (unpaired) electrons. The number of hydrogen-bond acceptors (Lipinski definition) is 3. The summed E-state index contributed by atoms with van der Waals surface area (Å²) >= 11 is 0. The van der Waals surface area contributed by atoms with Crippen molar-refractivity contribution in [1.29, 1.82) is 0 Å². The lowest BCUT2D eigenvalue weighted by molar-refractivity contribution is 0.0871. The first-order valence-corrected chi connectivity index (χ1v) is 8.55. The highest BCUT2D eigenvalue weighted by molar-refractivity contribution is 5.75. The number of piperidine rings is 3. The van der Waals surface area contributed by atoms with Crippen LogP contribution in [0.3, 0.4) is 0 Å². The first kappa shape index (κ1) is 13.3. The van der Waals surface area contributed by atoms with Crippen molar-refractivity contribution in [3.8, 4) is 11.5 Å². The molecule has 0 aliphatic carbocycles. The Balaban J connectivity index is 1.45. The van der Waals surface area contributed by atoms with Crippen molar-refractivity contribution in [2.75, 3.05) is 19.6 Å². The van der Waals surface area contributed by atoms with Gasteiger partial charge in [0.25, 0.3) is 0 Å². The molecule has 3 aliphatic heterocycles. The van der Waals surface area contributed by atoms with Crippen molar-refractivity contribution in [2.45, 2.75) is 18.8 Å². The van der Waals surface area contributed by atoms with Gasteiger partial charge < -0.3 is 9.32 Å². The van der Waals surface area contributed by atoms with Crippen LogP contribution in [-0.2, 0) is 0 Å². The topological polar surface area (TPSA) is 29.3 Å². The first-order valence-electron chi connectivity index (χ1n) is 8.55. The summed E-state index contributed by atoms with van der Waals surface area (Å²) in [4.78, 5) is 7.20. The Hall–Kier alpha value is -2.13. The maximum absolute atomic E-state index is 5.87. The van der Waals surface area contributed by atoms with Gasteiger partial charge in [-0.25, -0.2) is 4.98 Å². The monoisotopic (exact) mass is 304 g/mol. The van der Waals surface area contributed by atoms with Crippen molar-refractivity contribution in [1.82, 2.24) is 9.88 Å². The molecule has 0 N–H and O–H groups in total. The molecule has 0 amide bonds. The molecule has 3 aliphatic rings. The Morgan fingerprint density at radius 2 is 1.74 bits per heavy atom. The smallest absolute Gasteiger partial charge is 0.227 e. The second-order valence-corrected chi connectivity index (χ2v) is 6.85. The molecule has 3 heteroatoms. The zero-order chi connectivity index (χ0) is 15.2. The lowest BCUT2D eigenvalue weighted by Gasteiger charge is -2.45. The molecule has 3 aromatic rings. The zero-order valence-corrected chi connectivity index (χ0v) is 13.1. The maximum Gasteiger partial charge on any atom is 0.227 e. The molecule has 2 bridgehead atoms. The number of fused-ring (bicyclic) bond motifs is 4. The third kappa shape index (κ3) is 2.27. The molecule has 3 nitrogen and oxygen atoms in total. The van der Waals surface area contributed by atoms with E-state index < -0.39 is 0 Å². The summed E-state index contributed by atoms with van der Waals surface area (Å²) in [6.45, 7) is 3.82. The first-order chi connectivity index (χ1) is 11.4. The van der Waals surface area contributed by atoms with Crippen LogP contribution in [0.1, 0.15) is 24.3 Å². The highest BCUT2D eigenvalue weighted by atomic mass is 16.3. The van der Waals surface area contributed by atoms with E-state index in [2.05, 4.69) is 34.1 Å². The van der Waals surface area contributed by atoms with Crippen LogP contribution in [0, 0.1) is 5.92 Å². The number of rotatable bonds is 2. The van der Waals surface area contributed by atoms with E-state index in [0.29, 0.717) is 11.8 Å². The van der Waals surface area contributed by atoms with Gasteiger partial charge in [0.2, 0.25) is 5.89 Å². The van der Waals surface area contributed by atoms with Crippen LogP contribution in [0.2, 0.25) is 0 Å². The minimum absolute atomic E-state index is 0.704. The van der Waals surface area contributed by atoms with Crippen LogP contribution in [0.4, 0.5) is 0 Å². The molecular formula is C20H20N2O. The standard InChI is InChI=1S/C20H20N2O/c1-2-4-19-18(3-1)21-20(23-19)16-7-5-14(6-8-16)17-13-22-11-9-15(17)10-12-22/h1-8,15,17H,9-13H2. The van der Waals surface area contributed by atoms with Crippen molar-refractivity contribution >= 4 is 11.1 Å². The van der Waals surface area contributed by atoms with Gasteiger partial charge in [0.05, 0.1) is 0 Å². The van der Waals surface area contributed by atoms with Gasteiger partial charge in [-0.15, -0.1) is 0 Å². The van der Waals surface area contributed by atoms with Crippen molar-refractivity contribution in [3.63, 3.8) is 0 Å². The second-order valence-electron chi connectivity index (χ2n) is 6.85. The third-order valence-corrected chi connectivity index (χ3v) is 5.54. The molecule has 6 rings (SSSR count). The van der Waals surface area contributed by atoms with Crippen LogP contribution in [0.25, 0.3) is 22.6 Å². The molecule has 116 valence electrons. The average Bonchev–Trinajstić information content (AvgIpc) is 3.07. The van der Waals surface area contributed by atoms with E-state index in [4.69, 9.17) is 4.42 Å². The fraction of sp³-hybridized carbons (Fsp3) is 0.350. The van der Waals surface area contributed by atoms with Gasteiger partial charge in [0.15, 0.2) is 5.58 Å². The predicted octanol–water partition coefficient (Wildman–Crippen LogP) is 4.30. The van der Waals surface area contributed by atoms with Crippen molar-refractivity contribution < 1.29 is 4.42 Å². The van der Waals surface area contributed by atoms with E-state index in [1.165, 1.54) is 38.0 Å². The number of benzene rings is 2. The second kappa shape index (κ2) is 5.20. The lowest BCUT2D eigenvalue weighted by atomic mass is 9.75. The largest absolute Gasteiger partial charge is 0.436 e. The Labute approximate surface area is 135 Å². The lowest BCUT2D eigenvalue weighted by Crippen LogP contribution is -2.46. The Kier molecular flexibility index (Phi) is 3.01. The molecule has 1 atom stereocenters. The van der Waals surface area contributed by atoms with Gasteiger partial charge in [-0.1, -0.05) is 24.3 Å². The highest BCUT2D eigenvalue weighted by Crippen LogP contribution is 2.39. The summed E-state index contributed by atoms with van der Waals surface area (Å²) in [7, 11) is 0. The maximum atomic E-state index is 5.87. The normalized spacial score (nSPS) is 26.7. The van der Waals surface area contributed by atoms with E-state index in [1.807, 2.05) is 24.3 Å². The molecule has 1 unspecified atom stereocenters. The van der Waals surface area contributed by atoms with E-state index in [1.54, 1.807) is 0 Å². The van der Waals surface area contributed by atoms with Crippen LogP contribution in [0.15, 0.2) is 52.9 Å². The average molecular weight is 304 g/mol. The Morgan fingerprint density at radius 3 is 2.43 bits per heavy atom. The zero-order valence-electron chi connectivity index (χ0n) is 13.1. The molecule has 23 heavy (non-hydrogen) atoms. The fourth-order valence-electron chi connectivity index (χ4n) is 4.21. The molecule has 3 saturated heterocycles. The minimum Gasteiger partial charge on any atom is -0.436 e. The summed E-state index contributed by atoms with van der Waals surface area (Å²) in [6.07, 6.45) is 2.72. The predicted molar refractivity (Wildman–Crippen MR) is 91.4 cm³/mol. The summed E-state index contributed by atoms with van der Waals surface area (Å²) in [5.74, 6) is 2.29. The molecule has 0 spiro atoms. The van der Waals surface area contributed by atoms with E-state index in [-0.39, 0.29) is 0 Å². The van der Waals surface area contributed by atoms with Crippen LogP contribution < -0.4 is 0 Å². The molecule has 3 fully saturated rings. The molecule has 2 aromatic carbocycles. The summed E-state index contributed by atoms with van der Waals surface area (Å²) in [5, 5.41) is 0. The van der Waals surface area contributed by atoms with Crippen LogP contribution >= 0.6 is 0 Å². The summed E-state index contributed by atoms with van der Waals surface area (Å²) in [6, 6.07) is 16.8. The van der Waals surface area contributed by atoms with Gasteiger partial charge >= 0.3 is 0 Å². The van der Waals surface area contributed by atoms with Gasteiger partial charge in [-0.3, -0.25) is 0 Å². The third-order valence-electron chi connectivity index (χ3n) is 5.54. The van der Waals surface area contributed by atoms with Gasteiger partial charge in [-0.05, 0) is 67.6 Å². The number of hydrogen-bond donors (Lipinski definition) is 0. The Morgan fingerprint density at radius 1 is 0.957 bits per heavy atom. The quantitative estimate of drug-likeness (QED) is 0.706. The number of nitrogens with zero attached hydrogens (tertiary/aromatic N) is 2. The van der Waals surface area contributed by atoms with Gasteiger partial charge in [-0.2, -0.15) is 0 Å². The molecule has 4 heterocycles. The minimum atomic E-state index is 0.704. The van der Waals surface area contributed by atoms with E-state index in [0.717, 1.165) is 22.6 Å². The molecule has 0 saturated carbocycles. The SMILES string of the molecule is c1ccc2oc(-c3ccc(C4CN5CCC4CC5)cc3)nc2c1. The molecule has 1 aromatic heterocycles. The van der Waals surface area contributed by atoms with Crippen LogP contribution in [-0.4, -0.2) is 29.5 Å². The van der Waals surface area contributed by atoms with Gasteiger partial charge in [0.1, 0.15) is 5.52 Å². The van der Waals surface area contributed by atoms with E-state index >= 15 is 0 Å². The van der Waals surface area contributed by atoms with Gasteiger partial charge in [0, 0.05) is 12.1 Å².